The molecule has 2 aromatic carbocycles. The van der Waals surface area contributed by atoms with E-state index in [1.165, 1.54) is 22.3 Å². The third kappa shape index (κ3) is 2.69. The number of fused-ring (bicyclic) bond motifs is 1. The average Bonchev–Trinajstić information content (AvgIpc) is 2.47. The van der Waals surface area contributed by atoms with Crippen LogP contribution in [-0.4, -0.2) is 6.61 Å². The van der Waals surface area contributed by atoms with Crippen LogP contribution in [0.1, 0.15) is 33.5 Å². The van der Waals surface area contributed by atoms with Crippen molar-refractivity contribution in [2.45, 2.75) is 24.6 Å². The van der Waals surface area contributed by atoms with E-state index in [-0.39, 0.29) is 4.83 Å². The molecule has 98 valence electrons. The summed E-state index contributed by atoms with van der Waals surface area (Å²) in [5.41, 5.74) is 5.22. The second kappa shape index (κ2) is 5.38. The minimum atomic E-state index is 0.250. The summed E-state index contributed by atoms with van der Waals surface area (Å²) in [4.78, 5) is 0.250. The van der Waals surface area contributed by atoms with Crippen molar-refractivity contribution in [3.05, 3.63) is 64.7 Å². The molecule has 1 nitrogen and oxygen atoms in total. The van der Waals surface area contributed by atoms with Gasteiger partial charge in [-0.2, -0.15) is 0 Å². The van der Waals surface area contributed by atoms with Gasteiger partial charge in [0.15, 0.2) is 0 Å². The third-order valence-electron chi connectivity index (χ3n) is 3.60. The molecule has 1 atom stereocenters. The molecular formula is C17H17BrO. The van der Waals surface area contributed by atoms with Crippen molar-refractivity contribution in [3.63, 3.8) is 0 Å². The van der Waals surface area contributed by atoms with E-state index in [0.29, 0.717) is 0 Å². The number of alkyl halides is 1. The van der Waals surface area contributed by atoms with E-state index in [1.807, 2.05) is 0 Å². The van der Waals surface area contributed by atoms with E-state index in [1.54, 1.807) is 0 Å². The van der Waals surface area contributed by atoms with Crippen molar-refractivity contribution in [2.24, 2.45) is 0 Å². The number of benzene rings is 2. The summed E-state index contributed by atoms with van der Waals surface area (Å²) in [6, 6.07) is 15.2. The van der Waals surface area contributed by atoms with Crippen LogP contribution in [0.15, 0.2) is 42.5 Å². The fourth-order valence-electron chi connectivity index (χ4n) is 2.47. The van der Waals surface area contributed by atoms with Crippen LogP contribution in [-0.2, 0) is 6.42 Å². The zero-order chi connectivity index (χ0) is 13.2. The highest BCUT2D eigenvalue weighted by Crippen LogP contribution is 2.34. The molecule has 0 N–H and O–H groups in total. The molecule has 0 fully saturated rings. The summed E-state index contributed by atoms with van der Waals surface area (Å²) in [5.74, 6) is 1.05. The Labute approximate surface area is 122 Å². The van der Waals surface area contributed by atoms with Crippen LogP contribution >= 0.6 is 15.9 Å². The van der Waals surface area contributed by atoms with E-state index < -0.39 is 0 Å². The predicted octanol–water partition coefficient (Wildman–Crippen LogP) is 4.80. The Balaban J connectivity index is 1.91. The fourth-order valence-corrected chi connectivity index (χ4v) is 3.06. The monoisotopic (exact) mass is 316 g/mol. The Morgan fingerprint density at radius 2 is 1.79 bits per heavy atom. The van der Waals surface area contributed by atoms with E-state index >= 15 is 0 Å². The highest BCUT2D eigenvalue weighted by molar-refractivity contribution is 9.09. The van der Waals surface area contributed by atoms with Gasteiger partial charge in [0.1, 0.15) is 5.75 Å². The molecule has 1 aliphatic heterocycles. The minimum Gasteiger partial charge on any atom is -0.493 e. The molecule has 0 bridgehead atoms. The number of rotatable bonds is 2. The molecule has 3 rings (SSSR count). The van der Waals surface area contributed by atoms with E-state index in [9.17, 15) is 0 Å². The molecule has 2 heteroatoms. The van der Waals surface area contributed by atoms with Gasteiger partial charge < -0.3 is 4.74 Å². The highest BCUT2D eigenvalue weighted by atomic mass is 79.9. The van der Waals surface area contributed by atoms with Gasteiger partial charge in [0.25, 0.3) is 0 Å². The second-order valence-electron chi connectivity index (χ2n) is 5.09. The van der Waals surface area contributed by atoms with Crippen LogP contribution in [0.25, 0.3) is 0 Å². The average molecular weight is 317 g/mol. The summed E-state index contributed by atoms with van der Waals surface area (Å²) >= 11 is 3.81. The van der Waals surface area contributed by atoms with E-state index in [0.717, 1.165) is 25.2 Å². The van der Waals surface area contributed by atoms with Crippen LogP contribution in [0.5, 0.6) is 5.75 Å². The van der Waals surface area contributed by atoms with E-state index in [4.69, 9.17) is 4.74 Å². The summed E-state index contributed by atoms with van der Waals surface area (Å²) in [5, 5.41) is 0. The normalized spacial score (nSPS) is 15.5. The zero-order valence-corrected chi connectivity index (χ0v) is 12.6. The molecule has 1 heterocycles. The third-order valence-corrected chi connectivity index (χ3v) is 4.65. The van der Waals surface area contributed by atoms with Gasteiger partial charge in [-0.25, -0.2) is 0 Å². The number of hydrogen-bond donors (Lipinski definition) is 0. The maximum atomic E-state index is 5.66. The molecule has 0 aromatic heterocycles. The molecule has 0 spiro atoms. The smallest absolute Gasteiger partial charge is 0.122 e. The Morgan fingerprint density at radius 3 is 2.58 bits per heavy atom. The number of aryl methyl sites for hydroxylation is 2. The molecular weight excluding hydrogens is 300 g/mol. The van der Waals surface area contributed by atoms with Crippen molar-refractivity contribution >= 4 is 15.9 Å². The highest BCUT2D eigenvalue weighted by Gasteiger charge is 2.15. The fraction of sp³-hybridized carbons (Fsp3) is 0.294. The standard InChI is InChI=1S/C17H17BrO/c1-12-4-6-13(7-5-12)17(18)15-8-9-16-14(11-15)3-2-10-19-16/h4-9,11,17H,2-3,10H2,1H3. The SMILES string of the molecule is Cc1ccc(C(Br)c2ccc3c(c2)CCCO3)cc1. The van der Waals surface area contributed by atoms with Crippen LogP contribution in [0.4, 0.5) is 0 Å². The quantitative estimate of drug-likeness (QED) is 0.723. The minimum absolute atomic E-state index is 0.250. The van der Waals surface area contributed by atoms with Crippen LogP contribution in [0, 0.1) is 6.92 Å². The van der Waals surface area contributed by atoms with Gasteiger partial charge in [0.05, 0.1) is 11.4 Å². The zero-order valence-electron chi connectivity index (χ0n) is 11.0. The first-order chi connectivity index (χ1) is 9.24. The van der Waals surface area contributed by atoms with Crippen molar-refractivity contribution < 1.29 is 4.74 Å². The van der Waals surface area contributed by atoms with Crippen molar-refractivity contribution in [1.82, 2.24) is 0 Å². The molecule has 0 saturated heterocycles. The molecule has 2 aromatic rings. The summed E-state index contributed by atoms with van der Waals surface area (Å²) in [6.07, 6.45) is 2.24. The Morgan fingerprint density at radius 1 is 1.05 bits per heavy atom. The van der Waals surface area contributed by atoms with Crippen molar-refractivity contribution in [3.8, 4) is 5.75 Å². The summed E-state index contributed by atoms with van der Waals surface area (Å²) < 4.78 is 5.66. The molecule has 1 aliphatic rings. The van der Waals surface area contributed by atoms with Gasteiger partial charge in [-0.1, -0.05) is 57.9 Å². The molecule has 0 radical (unpaired) electrons. The molecule has 19 heavy (non-hydrogen) atoms. The van der Waals surface area contributed by atoms with Crippen LogP contribution in [0.2, 0.25) is 0 Å². The molecule has 0 aliphatic carbocycles. The maximum Gasteiger partial charge on any atom is 0.122 e. The maximum absolute atomic E-state index is 5.66. The van der Waals surface area contributed by atoms with Gasteiger partial charge in [0, 0.05) is 0 Å². The number of hydrogen-bond acceptors (Lipinski definition) is 1. The van der Waals surface area contributed by atoms with Crippen LogP contribution < -0.4 is 4.74 Å². The lowest BCUT2D eigenvalue weighted by Crippen LogP contribution is -2.08. The number of ether oxygens (including phenoxy) is 1. The summed E-state index contributed by atoms with van der Waals surface area (Å²) in [6.45, 7) is 2.96. The van der Waals surface area contributed by atoms with Gasteiger partial charge in [-0.3, -0.25) is 0 Å². The van der Waals surface area contributed by atoms with E-state index in [2.05, 4.69) is 65.3 Å². The Bertz CT molecular complexity index is 574. The lowest BCUT2D eigenvalue weighted by atomic mass is 9.98. The van der Waals surface area contributed by atoms with Gasteiger partial charge >= 0.3 is 0 Å². The molecule has 0 saturated carbocycles. The Hall–Kier alpha value is -1.28. The van der Waals surface area contributed by atoms with Gasteiger partial charge in [0.2, 0.25) is 0 Å². The number of halogens is 1. The second-order valence-corrected chi connectivity index (χ2v) is 6.01. The van der Waals surface area contributed by atoms with Crippen molar-refractivity contribution in [2.75, 3.05) is 6.61 Å². The molecule has 1 unspecified atom stereocenters. The lowest BCUT2D eigenvalue weighted by molar-refractivity contribution is 0.288. The molecule has 0 amide bonds. The first-order valence-corrected chi connectivity index (χ1v) is 7.62. The van der Waals surface area contributed by atoms with Gasteiger partial charge in [-0.15, -0.1) is 0 Å². The van der Waals surface area contributed by atoms with Gasteiger partial charge in [-0.05, 0) is 42.5 Å². The topological polar surface area (TPSA) is 9.23 Å². The largest absolute Gasteiger partial charge is 0.493 e. The van der Waals surface area contributed by atoms with Crippen molar-refractivity contribution in [1.29, 1.82) is 0 Å². The first-order valence-electron chi connectivity index (χ1n) is 6.70. The predicted molar refractivity (Wildman–Crippen MR) is 82.2 cm³/mol. The Kier molecular flexibility index (Phi) is 3.61. The summed E-state index contributed by atoms with van der Waals surface area (Å²) in [7, 11) is 0. The first kappa shape index (κ1) is 12.7. The lowest BCUT2D eigenvalue weighted by Gasteiger charge is -2.19. The van der Waals surface area contributed by atoms with Crippen LogP contribution in [0.3, 0.4) is 0 Å².